The normalized spacial score (nSPS) is 15.6. The van der Waals surface area contributed by atoms with Crippen molar-refractivity contribution < 1.29 is 9.21 Å². The van der Waals surface area contributed by atoms with Crippen molar-refractivity contribution in [3.05, 3.63) is 70.9 Å². The topological polar surface area (TPSA) is 36.7 Å². The number of piperazine rings is 1. The molecule has 5 heteroatoms. The molecule has 1 fully saturated rings. The van der Waals surface area contributed by atoms with Gasteiger partial charge in [-0.1, -0.05) is 41.9 Å². The predicted octanol–water partition coefficient (Wildman–Crippen LogP) is 4.04. The Labute approximate surface area is 151 Å². The summed E-state index contributed by atoms with van der Waals surface area (Å²) in [4.78, 5) is 16.9. The van der Waals surface area contributed by atoms with Crippen LogP contribution in [-0.2, 0) is 6.54 Å². The van der Waals surface area contributed by atoms with Gasteiger partial charge in [0.1, 0.15) is 5.58 Å². The van der Waals surface area contributed by atoms with Crippen LogP contribution in [0.2, 0.25) is 5.02 Å². The van der Waals surface area contributed by atoms with E-state index in [-0.39, 0.29) is 5.91 Å². The summed E-state index contributed by atoms with van der Waals surface area (Å²) < 4.78 is 5.70. The van der Waals surface area contributed by atoms with Crippen LogP contribution in [0.25, 0.3) is 11.0 Å². The third kappa shape index (κ3) is 3.55. The summed E-state index contributed by atoms with van der Waals surface area (Å²) in [6.45, 7) is 4.08. The fourth-order valence-corrected chi connectivity index (χ4v) is 3.41. The van der Waals surface area contributed by atoms with Gasteiger partial charge in [-0.05, 0) is 29.8 Å². The third-order valence-corrected chi connectivity index (χ3v) is 4.83. The summed E-state index contributed by atoms with van der Waals surface area (Å²) in [5, 5.41) is 1.50. The molecule has 2 heterocycles. The zero-order valence-corrected chi connectivity index (χ0v) is 14.6. The number of benzene rings is 2. The molecule has 1 aliphatic heterocycles. The van der Waals surface area contributed by atoms with Crippen molar-refractivity contribution in [2.24, 2.45) is 0 Å². The number of hydrogen-bond donors (Lipinski definition) is 0. The molecule has 0 unspecified atom stereocenters. The van der Waals surface area contributed by atoms with Gasteiger partial charge in [0.2, 0.25) is 0 Å². The maximum atomic E-state index is 12.7. The molecule has 0 aliphatic carbocycles. The minimum absolute atomic E-state index is 0.0494. The maximum absolute atomic E-state index is 12.7. The summed E-state index contributed by atoms with van der Waals surface area (Å²) in [6, 6.07) is 17.6. The van der Waals surface area contributed by atoms with Crippen LogP contribution in [0.15, 0.2) is 59.0 Å². The van der Waals surface area contributed by atoms with E-state index in [1.165, 1.54) is 5.56 Å². The highest BCUT2D eigenvalue weighted by atomic mass is 35.5. The van der Waals surface area contributed by atoms with Crippen LogP contribution in [0.5, 0.6) is 0 Å². The molecule has 25 heavy (non-hydrogen) atoms. The van der Waals surface area contributed by atoms with Crippen molar-refractivity contribution in [3.8, 4) is 0 Å². The summed E-state index contributed by atoms with van der Waals surface area (Å²) >= 11 is 6.00. The van der Waals surface area contributed by atoms with Gasteiger partial charge in [-0.25, -0.2) is 0 Å². The van der Waals surface area contributed by atoms with E-state index in [4.69, 9.17) is 16.0 Å². The second-order valence-electron chi connectivity index (χ2n) is 6.35. The molecule has 0 N–H and O–H groups in total. The molecular weight excluding hydrogens is 336 g/mol. The first-order valence-corrected chi connectivity index (χ1v) is 8.81. The molecular formula is C20H19ClN2O2. The number of rotatable bonds is 3. The monoisotopic (exact) mass is 354 g/mol. The van der Waals surface area contributed by atoms with Gasteiger partial charge in [0, 0.05) is 43.1 Å². The van der Waals surface area contributed by atoms with E-state index in [1.54, 1.807) is 18.2 Å². The van der Waals surface area contributed by atoms with E-state index in [0.717, 1.165) is 25.0 Å². The van der Waals surface area contributed by atoms with Crippen molar-refractivity contribution in [3.63, 3.8) is 0 Å². The van der Waals surface area contributed by atoms with Crippen molar-refractivity contribution >= 4 is 28.5 Å². The highest BCUT2D eigenvalue weighted by molar-refractivity contribution is 6.31. The van der Waals surface area contributed by atoms with Gasteiger partial charge in [-0.3, -0.25) is 9.69 Å². The summed E-state index contributed by atoms with van der Waals surface area (Å²) in [7, 11) is 0. The van der Waals surface area contributed by atoms with Gasteiger partial charge in [0.15, 0.2) is 5.76 Å². The largest absolute Gasteiger partial charge is 0.451 e. The molecule has 0 saturated carbocycles. The molecule has 0 bridgehead atoms. The number of furan rings is 1. The number of amides is 1. The second-order valence-corrected chi connectivity index (χ2v) is 6.78. The molecule has 2 aromatic carbocycles. The molecule has 0 spiro atoms. The molecule has 1 saturated heterocycles. The molecule has 4 nitrogen and oxygen atoms in total. The Kier molecular flexibility index (Phi) is 4.47. The summed E-state index contributed by atoms with van der Waals surface area (Å²) in [6.07, 6.45) is 0. The van der Waals surface area contributed by atoms with Gasteiger partial charge < -0.3 is 9.32 Å². The Morgan fingerprint density at radius 2 is 1.76 bits per heavy atom. The standard InChI is InChI=1S/C20H19ClN2O2/c21-17-6-7-18-16(12-17)13-19(25-18)20(24)23-10-8-22(9-11-23)14-15-4-2-1-3-5-15/h1-7,12-13H,8-11,14H2. The van der Waals surface area contributed by atoms with Crippen LogP contribution in [-0.4, -0.2) is 41.9 Å². The Morgan fingerprint density at radius 1 is 1.00 bits per heavy atom. The van der Waals surface area contributed by atoms with Gasteiger partial charge >= 0.3 is 0 Å². The van der Waals surface area contributed by atoms with E-state index in [1.807, 2.05) is 17.0 Å². The van der Waals surface area contributed by atoms with Crippen molar-refractivity contribution in [1.29, 1.82) is 0 Å². The second kappa shape index (κ2) is 6.90. The van der Waals surface area contributed by atoms with E-state index in [0.29, 0.717) is 29.5 Å². The first-order chi connectivity index (χ1) is 12.2. The van der Waals surface area contributed by atoms with Gasteiger partial charge in [0.25, 0.3) is 5.91 Å². The molecule has 3 aromatic rings. The average Bonchev–Trinajstić information content (AvgIpc) is 3.06. The van der Waals surface area contributed by atoms with E-state index in [9.17, 15) is 4.79 Å². The van der Waals surface area contributed by atoms with E-state index in [2.05, 4.69) is 29.2 Å². The van der Waals surface area contributed by atoms with Crippen LogP contribution < -0.4 is 0 Å². The Hall–Kier alpha value is -2.30. The van der Waals surface area contributed by atoms with Crippen molar-refractivity contribution in [2.75, 3.05) is 26.2 Å². The number of hydrogen-bond acceptors (Lipinski definition) is 3. The van der Waals surface area contributed by atoms with Gasteiger partial charge in [-0.15, -0.1) is 0 Å². The molecule has 1 amide bonds. The van der Waals surface area contributed by atoms with Crippen LogP contribution in [0.3, 0.4) is 0 Å². The lowest BCUT2D eigenvalue weighted by Crippen LogP contribution is -2.48. The average molecular weight is 355 g/mol. The van der Waals surface area contributed by atoms with E-state index < -0.39 is 0 Å². The molecule has 1 aromatic heterocycles. The molecule has 128 valence electrons. The summed E-state index contributed by atoms with van der Waals surface area (Å²) in [5.74, 6) is 0.334. The first kappa shape index (κ1) is 16.2. The molecule has 0 radical (unpaired) electrons. The van der Waals surface area contributed by atoms with Crippen molar-refractivity contribution in [2.45, 2.75) is 6.54 Å². The number of carbonyl (C=O) groups excluding carboxylic acids is 1. The van der Waals surface area contributed by atoms with Crippen LogP contribution >= 0.6 is 11.6 Å². The highest BCUT2D eigenvalue weighted by Crippen LogP contribution is 2.24. The molecule has 0 atom stereocenters. The Balaban J connectivity index is 1.40. The first-order valence-electron chi connectivity index (χ1n) is 8.44. The van der Waals surface area contributed by atoms with Crippen LogP contribution in [0, 0.1) is 0 Å². The SMILES string of the molecule is O=C(c1cc2cc(Cl)ccc2o1)N1CCN(Cc2ccccc2)CC1. The quantitative estimate of drug-likeness (QED) is 0.712. The summed E-state index contributed by atoms with van der Waals surface area (Å²) in [5.41, 5.74) is 1.99. The van der Waals surface area contributed by atoms with Gasteiger partial charge in [-0.2, -0.15) is 0 Å². The van der Waals surface area contributed by atoms with Crippen molar-refractivity contribution in [1.82, 2.24) is 9.80 Å². The predicted molar refractivity (Wildman–Crippen MR) is 98.8 cm³/mol. The Morgan fingerprint density at radius 3 is 2.52 bits per heavy atom. The lowest BCUT2D eigenvalue weighted by Gasteiger charge is -2.34. The van der Waals surface area contributed by atoms with Crippen LogP contribution in [0.4, 0.5) is 0 Å². The third-order valence-electron chi connectivity index (χ3n) is 4.60. The lowest BCUT2D eigenvalue weighted by molar-refractivity contribution is 0.0600. The number of halogens is 1. The zero-order valence-electron chi connectivity index (χ0n) is 13.8. The highest BCUT2D eigenvalue weighted by Gasteiger charge is 2.24. The number of nitrogens with zero attached hydrogens (tertiary/aromatic N) is 2. The minimum atomic E-state index is -0.0494. The maximum Gasteiger partial charge on any atom is 0.289 e. The number of fused-ring (bicyclic) bond motifs is 1. The van der Waals surface area contributed by atoms with Gasteiger partial charge in [0.05, 0.1) is 0 Å². The smallest absolute Gasteiger partial charge is 0.289 e. The van der Waals surface area contributed by atoms with Crippen LogP contribution in [0.1, 0.15) is 16.1 Å². The fraction of sp³-hybridized carbons (Fsp3) is 0.250. The lowest BCUT2D eigenvalue weighted by atomic mass is 10.2. The number of carbonyl (C=O) groups is 1. The minimum Gasteiger partial charge on any atom is -0.451 e. The zero-order chi connectivity index (χ0) is 17.2. The Bertz CT molecular complexity index is 883. The molecule has 4 rings (SSSR count). The fourth-order valence-electron chi connectivity index (χ4n) is 3.23. The van der Waals surface area contributed by atoms with E-state index >= 15 is 0 Å². The molecule has 1 aliphatic rings.